The first-order valence-corrected chi connectivity index (χ1v) is 33.4. The lowest BCUT2D eigenvalue weighted by molar-refractivity contribution is -0.195. The monoisotopic (exact) mass is 1670 g/mol. The molecular formula is C59H66Br4N20O19. The predicted octanol–water partition coefficient (Wildman–Crippen LogP) is 0.838. The molecule has 0 radical (unpaired) electrons. The van der Waals surface area contributed by atoms with Crippen molar-refractivity contribution in [3.8, 4) is 18.2 Å². The number of primary amides is 1. The molecule has 8 aromatic heterocycles. The number of H-pyrrole nitrogens is 4. The van der Waals surface area contributed by atoms with Crippen molar-refractivity contribution < 1.29 is 92.5 Å². The highest BCUT2D eigenvalue weighted by Gasteiger charge is 2.57. The number of hydrogen-bond acceptors (Lipinski definition) is 31. The molecule has 4 aliphatic heterocycles. The first-order chi connectivity index (χ1) is 48.2. The van der Waals surface area contributed by atoms with Crippen LogP contribution in [0.5, 0.6) is 0 Å². The highest BCUT2D eigenvalue weighted by atomic mass is 79.9. The van der Waals surface area contributed by atoms with Crippen LogP contribution in [0, 0.1) is 56.1 Å². The van der Waals surface area contributed by atoms with E-state index in [0.717, 1.165) is 17.3 Å². The second kappa shape index (κ2) is 32.1. The molecule has 12 heterocycles. The number of nitrogen functional groups attached to an aromatic ring is 1. The van der Waals surface area contributed by atoms with Crippen LogP contribution in [0.25, 0.3) is 44.1 Å². The van der Waals surface area contributed by atoms with Gasteiger partial charge in [0.05, 0.1) is 80.9 Å². The summed E-state index contributed by atoms with van der Waals surface area (Å²) in [7, 11) is 0. The second-order valence-corrected chi connectivity index (χ2v) is 26.1. The number of nitrogens with zero attached hydrogens (tertiary/aromatic N) is 11. The van der Waals surface area contributed by atoms with Gasteiger partial charge in [-0.05, 0) is 76.6 Å². The second-order valence-electron chi connectivity index (χ2n) is 22.9. The number of anilines is 1. The molecule has 13 atom stereocenters. The minimum absolute atomic E-state index is 0.0163. The number of carbonyl (C=O) groups is 5. The zero-order valence-corrected chi connectivity index (χ0v) is 61.0. The van der Waals surface area contributed by atoms with Crippen LogP contribution in [-0.4, -0.2) is 207 Å². The lowest BCUT2D eigenvalue weighted by Crippen LogP contribution is -2.52. The van der Waals surface area contributed by atoms with Gasteiger partial charge >= 0.3 is 23.9 Å². The van der Waals surface area contributed by atoms with Gasteiger partial charge in [0.2, 0.25) is 6.29 Å². The van der Waals surface area contributed by atoms with Gasteiger partial charge in [-0.3, -0.25) is 53.9 Å². The number of nitrogens with one attached hydrogen (secondary N) is 7. The van der Waals surface area contributed by atoms with Crippen molar-refractivity contribution >= 4 is 143 Å². The Morgan fingerprint density at radius 2 is 1.05 bits per heavy atom. The van der Waals surface area contributed by atoms with Gasteiger partial charge in [-0.2, -0.15) is 15.8 Å². The van der Waals surface area contributed by atoms with Gasteiger partial charge < -0.3 is 99.9 Å². The Balaban J connectivity index is 0.000000165. The summed E-state index contributed by atoms with van der Waals surface area (Å²) in [6, 6.07) is 5.99. The number of amides is 1. The summed E-state index contributed by atoms with van der Waals surface area (Å²) in [5.41, 5.74) is 7.20. The van der Waals surface area contributed by atoms with Gasteiger partial charge in [-0.15, -0.1) is 0 Å². The standard InChI is InChI=1S/C17H18BrN5O5.C12H14BrN5O5.C12H12BrN5O4.C11H18O5.C7H4BrN5/c1-4-11-13(27-8(2)24)17(6-26-11,28-9(3)25)23-7-21-15(20)12-10(5-19)14(18)22-16(12)23;13-8-5(10(15)21)6-9(14)16-3-18(11(6)17-8)12(22)2-23-4(1-19)7(12)20;13-9-5(1-14)7-10(15)16-4-18(11(7)17-9)12(21)3-22-6(2-19)8(12)20;1-5-9-6(2)10(14-7(3)12)11(16-9)15-8(4)13;8-5-3(1-9)4-6(10)11-2-12-7(4)13-5/h7,11,13,20,22H,4,6H2,1-3H3;3-4,7,14,17,19-20,22H,1-2H2,(H2,15,21);4,6,8,15,17,19-21H,2-3H2;6,9-11H,5H2,1-4H3;2H,(H3,10,11,12,13)/t11-,13?,17-;4-,7?,12-;6-,8?,12-;6-,9+,10+,11?;/m0001./s1. The smallest absolute Gasteiger partial charge is 0.305 e. The number of esters is 4. The van der Waals surface area contributed by atoms with Crippen molar-refractivity contribution in [2.24, 2.45) is 11.7 Å². The third-order valence-corrected chi connectivity index (χ3v) is 18.9. The SMILES string of the molecule is CC[C@@H]1OC(OC(C)=O)[C@@H](OC(C)=O)[C@@H]1C.CC[C@@H]1OC[C@@](OC(C)=O)(n2cnc(=N)c3c(C#N)c(Br)[nH]c32)C1OC(C)=O.N#Cc1c(Br)[nH]c2c1c(=N)ncn2[C@]1(O)CO[C@@H](CO)C1O.N#Cc1c(Br)[nH]c2ncnc(N)c12.N=c1ncn([C@]2(O)CO[C@@H](CO)C2O)c2[nH]c(Br)c(C(N)=O)c12. The fourth-order valence-electron chi connectivity index (χ4n) is 11.8. The molecule has 0 aliphatic carbocycles. The number of nitriles is 3. The Hall–Kier alpha value is -8.98. The van der Waals surface area contributed by atoms with E-state index in [1.54, 1.807) is 0 Å². The number of aromatic nitrogens is 12. The number of aromatic amines is 4. The molecule has 544 valence electrons. The van der Waals surface area contributed by atoms with E-state index in [2.05, 4.69) is 109 Å². The van der Waals surface area contributed by atoms with Crippen LogP contribution in [0.3, 0.4) is 0 Å². The summed E-state index contributed by atoms with van der Waals surface area (Å²) < 4.78 is 48.3. The highest BCUT2D eigenvalue weighted by Crippen LogP contribution is 2.41. The van der Waals surface area contributed by atoms with Gasteiger partial charge in [-0.1, -0.05) is 20.8 Å². The number of nitrogens with two attached hydrogens (primary N) is 2. The highest BCUT2D eigenvalue weighted by molar-refractivity contribution is 9.11. The first kappa shape index (κ1) is 78.7. The molecule has 1 amide bonds. The normalized spacial score (nSPS) is 25.5. The summed E-state index contributed by atoms with van der Waals surface area (Å²) in [6.07, 6.45) is -1.25. The van der Waals surface area contributed by atoms with E-state index < -0.39 is 109 Å². The van der Waals surface area contributed by atoms with Gasteiger partial charge in [0.1, 0.15) is 123 Å². The largest absolute Gasteiger partial charge is 0.455 e. The molecule has 0 saturated carbocycles. The number of ether oxygens (including phenoxy) is 8. The Labute approximate surface area is 607 Å². The Kier molecular flexibility index (Phi) is 24.8. The number of hydrogen-bond donors (Lipinski definition) is 15. The van der Waals surface area contributed by atoms with Crippen molar-refractivity contribution in [2.75, 3.05) is 38.8 Å². The Morgan fingerprint density at radius 1 is 0.618 bits per heavy atom. The summed E-state index contributed by atoms with van der Waals surface area (Å²) in [5, 5.41) is 113. The van der Waals surface area contributed by atoms with E-state index in [-0.39, 0.29) is 97.1 Å². The van der Waals surface area contributed by atoms with Gasteiger partial charge in [0.15, 0.2) is 40.1 Å². The maximum atomic E-state index is 12.0. The fourth-order valence-corrected chi connectivity index (χ4v) is 13.8. The number of rotatable bonds is 12. The zero-order valence-electron chi connectivity index (χ0n) is 54.6. The van der Waals surface area contributed by atoms with E-state index in [0.29, 0.717) is 48.3 Å². The number of carbonyl (C=O) groups excluding carboxylic acids is 5. The quantitative estimate of drug-likeness (QED) is 0.0595. The van der Waals surface area contributed by atoms with Crippen molar-refractivity contribution in [3.05, 3.63) is 82.4 Å². The van der Waals surface area contributed by atoms with E-state index in [9.17, 15) is 54.9 Å². The molecule has 8 aromatic rings. The zero-order chi connectivity index (χ0) is 75.4. The van der Waals surface area contributed by atoms with E-state index in [1.165, 1.54) is 55.8 Å². The fraction of sp³-hybridized carbons (Fsp3) is 0.458. The number of fused-ring (bicyclic) bond motifs is 4. The van der Waals surface area contributed by atoms with Crippen molar-refractivity contribution in [1.82, 2.24) is 58.6 Å². The molecule has 4 fully saturated rings. The maximum absolute atomic E-state index is 12.0. The van der Waals surface area contributed by atoms with Crippen molar-refractivity contribution in [3.63, 3.8) is 0 Å². The summed E-state index contributed by atoms with van der Waals surface area (Å²) in [5.74, 6) is -2.45. The van der Waals surface area contributed by atoms with Gasteiger partial charge in [-0.25, -0.2) is 24.9 Å². The van der Waals surface area contributed by atoms with Crippen LogP contribution in [0.4, 0.5) is 5.82 Å². The third-order valence-electron chi connectivity index (χ3n) is 16.5. The maximum Gasteiger partial charge on any atom is 0.305 e. The molecule has 4 saturated heterocycles. The van der Waals surface area contributed by atoms with Crippen LogP contribution >= 0.6 is 63.7 Å². The first-order valence-electron chi connectivity index (χ1n) is 30.2. The van der Waals surface area contributed by atoms with Crippen molar-refractivity contribution in [2.45, 2.75) is 134 Å². The predicted molar refractivity (Wildman–Crippen MR) is 358 cm³/mol. The number of halogens is 4. The minimum Gasteiger partial charge on any atom is -0.455 e. The Morgan fingerprint density at radius 3 is 1.49 bits per heavy atom. The van der Waals surface area contributed by atoms with E-state index in [4.69, 9.17) is 81.1 Å². The third kappa shape index (κ3) is 15.1. The van der Waals surface area contributed by atoms with Crippen LogP contribution in [0.15, 0.2) is 43.7 Å². The molecule has 4 unspecified atom stereocenters. The van der Waals surface area contributed by atoms with Crippen LogP contribution in [-0.2, 0) is 74.2 Å². The van der Waals surface area contributed by atoms with Crippen LogP contribution in [0.1, 0.15) is 88.4 Å². The van der Waals surface area contributed by atoms with Gasteiger partial charge in [0.25, 0.3) is 11.6 Å². The summed E-state index contributed by atoms with van der Waals surface area (Å²) >= 11 is 12.8. The van der Waals surface area contributed by atoms with E-state index in [1.807, 2.05) is 39.0 Å². The lowest BCUT2D eigenvalue weighted by Gasteiger charge is -2.35. The molecule has 0 aromatic carbocycles. The molecule has 12 rings (SSSR count). The molecular weight excluding hydrogens is 1610 g/mol. The lowest BCUT2D eigenvalue weighted by atomic mass is 9.99. The molecule has 0 spiro atoms. The molecule has 17 N–H and O–H groups in total. The van der Waals surface area contributed by atoms with Crippen LogP contribution in [0.2, 0.25) is 0 Å². The average Bonchev–Trinajstić information content (AvgIpc) is 1.57. The number of aliphatic hydroxyl groups excluding tert-OH is 4. The minimum atomic E-state index is -1.93. The summed E-state index contributed by atoms with van der Waals surface area (Å²) in [6.45, 7) is 9.29. The average molecular weight is 1680 g/mol. The molecule has 39 nitrogen and oxygen atoms in total. The van der Waals surface area contributed by atoms with Crippen LogP contribution < -0.4 is 27.9 Å². The van der Waals surface area contributed by atoms with Crippen molar-refractivity contribution in [1.29, 1.82) is 32.0 Å². The molecule has 43 heteroatoms. The number of aliphatic hydroxyl groups is 6. The molecule has 102 heavy (non-hydrogen) atoms. The summed E-state index contributed by atoms with van der Waals surface area (Å²) in [4.78, 5) is 88.2. The van der Waals surface area contributed by atoms with E-state index >= 15 is 0 Å². The Bertz CT molecular complexity index is 4880. The molecule has 4 aliphatic rings. The topological polar surface area (TPSA) is 618 Å². The van der Waals surface area contributed by atoms with Gasteiger partial charge in [0, 0.05) is 33.6 Å². The molecule has 0 bridgehead atoms.